The molecular weight excluding hydrogens is 268 g/mol. The number of carboxylic acid groups (broad SMARTS) is 2. The van der Waals surface area contributed by atoms with Crippen LogP contribution in [0.4, 0.5) is 4.79 Å². The molecule has 0 bridgehead atoms. The lowest BCUT2D eigenvalue weighted by Crippen LogP contribution is -2.54. The van der Waals surface area contributed by atoms with Gasteiger partial charge in [0, 0.05) is 13.0 Å². The Balaban J connectivity index is 2.42. The van der Waals surface area contributed by atoms with Gasteiger partial charge >= 0.3 is 18.0 Å². The number of amides is 2. The summed E-state index contributed by atoms with van der Waals surface area (Å²) >= 11 is 0. The van der Waals surface area contributed by atoms with Gasteiger partial charge in [-0.25, -0.2) is 9.59 Å². The highest BCUT2D eigenvalue weighted by atomic mass is 16.5. The quantitative estimate of drug-likeness (QED) is 0.529. The van der Waals surface area contributed by atoms with Gasteiger partial charge in [-0.2, -0.15) is 0 Å². The molecule has 1 fully saturated rings. The van der Waals surface area contributed by atoms with Crippen molar-refractivity contribution in [2.45, 2.75) is 44.2 Å². The third-order valence-corrected chi connectivity index (χ3v) is 3.12. The van der Waals surface area contributed by atoms with E-state index in [-0.39, 0.29) is 19.3 Å². The summed E-state index contributed by atoms with van der Waals surface area (Å²) in [7, 11) is 0. The Labute approximate surface area is 116 Å². The van der Waals surface area contributed by atoms with Crippen LogP contribution in [-0.4, -0.2) is 53.0 Å². The van der Waals surface area contributed by atoms with Gasteiger partial charge in [0.25, 0.3) is 0 Å². The molecule has 0 radical (unpaired) electrons. The molecule has 20 heavy (non-hydrogen) atoms. The molecule has 0 saturated carbocycles. The van der Waals surface area contributed by atoms with E-state index in [0.29, 0.717) is 19.6 Å². The van der Waals surface area contributed by atoms with Gasteiger partial charge < -0.3 is 25.6 Å². The minimum absolute atomic E-state index is 0.0717. The number of carbonyl (C=O) groups is 3. The molecule has 1 aliphatic heterocycles. The van der Waals surface area contributed by atoms with Gasteiger partial charge in [0.15, 0.2) is 0 Å². The molecule has 1 saturated heterocycles. The molecule has 4 N–H and O–H groups in total. The molecule has 2 atom stereocenters. The lowest BCUT2D eigenvalue weighted by Gasteiger charge is -2.25. The Bertz CT molecular complexity index is 378. The second-order valence-corrected chi connectivity index (χ2v) is 5.14. The molecule has 0 aromatic heterocycles. The van der Waals surface area contributed by atoms with Crippen molar-refractivity contribution in [3.8, 4) is 0 Å². The van der Waals surface area contributed by atoms with Crippen LogP contribution in [-0.2, 0) is 14.3 Å². The van der Waals surface area contributed by atoms with Crippen LogP contribution < -0.4 is 10.6 Å². The molecule has 8 heteroatoms. The topological polar surface area (TPSA) is 125 Å². The Morgan fingerprint density at radius 1 is 1.35 bits per heavy atom. The van der Waals surface area contributed by atoms with Crippen LogP contribution in [0.2, 0.25) is 0 Å². The summed E-state index contributed by atoms with van der Waals surface area (Å²) in [4.78, 5) is 33.2. The van der Waals surface area contributed by atoms with Crippen LogP contribution in [0.1, 0.15) is 32.6 Å². The summed E-state index contributed by atoms with van der Waals surface area (Å²) in [5, 5.41) is 22.5. The number of carboxylic acids is 2. The first kappa shape index (κ1) is 16.2. The number of nitrogens with one attached hydrogen (secondary N) is 2. The number of hydrogen-bond acceptors (Lipinski definition) is 4. The smallest absolute Gasteiger partial charge is 0.326 e. The van der Waals surface area contributed by atoms with Crippen LogP contribution in [0.15, 0.2) is 0 Å². The zero-order chi connectivity index (χ0) is 15.2. The SMILES string of the molecule is CC1(NC(=O)N[C@H](CCCC(=O)O)C(=O)O)CCOC1. The Morgan fingerprint density at radius 2 is 2.05 bits per heavy atom. The summed E-state index contributed by atoms with van der Waals surface area (Å²) < 4.78 is 5.18. The van der Waals surface area contributed by atoms with E-state index < -0.39 is 29.6 Å². The molecule has 0 aromatic carbocycles. The fraction of sp³-hybridized carbons (Fsp3) is 0.750. The molecule has 1 aliphatic rings. The number of rotatable bonds is 7. The van der Waals surface area contributed by atoms with Crippen molar-refractivity contribution in [2.24, 2.45) is 0 Å². The highest BCUT2D eigenvalue weighted by molar-refractivity contribution is 5.82. The molecule has 8 nitrogen and oxygen atoms in total. The van der Waals surface area contributed by atoms with Crippen LogP contribution >= 0.6 is 0 Å². The van der Waals surface area contributed by atoms with E-state index in [0.717, 1.165) is 0 Å². The fourth-order valence-corrected chi connectivity index (χ4v) is 1.95. The predicted octanol–water partition coefficient (Wildman–Crippen LogP) is 0.173. The van der Waals surface area contributed by atoms with Crippen molar-refractivity contribution >= 4 is 18.0 Å². The summed E-state index contributed by atoms with van der Waals surface area (Å²) in [5.74, 6) is -2.17. The van der Waals surface area contributed by atoms with Gasteiger partial charge in [-0.1, -0.05) is 0 Å². The van der Waals surface area contributed by atoms with Gasteiger partial charge in [-0.05, 0) is 26.2 Å². The first-order valence-electron chi connectivity index (χ1n) is 6.43. The highest BCUT2D eigenvalue weighted by Gasteiger charge is 2.32. The standard InChI is InChI=1S/C12H20N2O6/c1-12(5-6-20-7-12)14-11(19)13-8(10(17)18)3-2-4-9(15)16/h8H,2-7H2,1H3,(H,15,16)(H,17,18)(H2,13,14,19)/t8-,12?/m1/s1. The van der Waals surface area contributed by atoms with Crippen molar-refractivity contribution in [3.05, 3.63) is 0 Å². The molecule has 0 aromatic rings. The van der Waals surface area contributed by atoms with Crippen molar-refractivity contribution < 1.29 is 29.3 Å². The summed E-state index contributed by atoms with van der Waals surface area (Å²) in [6, 6.07) is -1.68. The number of hydrogen-bond donors (Lipinski definition) is 4. The van der Waals surface area contributed by atoms with E-state index in [1.54, 1.807) is 0 Å². The Kier molecular flexibility index (Phi) is 5.75. The molecule has 0 aliphatic carbocycles. The maximum Gasteiger partial charge on any atom is 0.326 e. The second kappa shape index (κ2) is 7.09. The molecule has 0 spiro atoms. The first-order valence-corrected chi connectivity index (χ1v) is 6.43. The minimum Gasteiger partial charge on any atom is -0.481 e. The summed E-state index contributed by atoms with van der Waals surface area (Å²) in [5.41, 5.74) is -0.492. The predicted molar refractivity (Wildman–Crippen MR) is 68.4 cm³/mol. The third kappa shape index (κ3) is 5.43. The van der Waals surface area contributed by atoms with E-state index in [1.807, 2.05) is 6.92 Å². The van der Waals surface area contributed by atoms with Crippen molar-refractivity contribution in [1.29, 1.82) is 0 Å². The normalized spacial score (nSPS) is 23.1. The van der Waals surface area contributed by atoms with Gasteiger partial charge in [-0.15, -0.1) is 0 Å². The molecule has 1 rings (SSSR count). The van der Waals surface area contributed by atoms with Crippen molar-refractivity contribution in [3.63, 3.8) is 0 Å². The Hall–Kier alpha value is -1.83. The lowest BCUT2D eigenvalue weighted by atomic mass is 10.0. The molecule has 1 heterocycles. The maximum absolute atomic E-state index is 11.8. The Morgan fingerprint density at radius 3 is 2.55 bits per heavy atom. The van der Waals surface area contributed by atoms with E-state index in [4.69, 9.17) is 14.9 Å². The largest absolute Gasteiger partial charge is 0.481 e. The average molecular weight is 288 g/mol. The zero-order valence-electron chi connectivity index (χ0n) is 11.3. The first-order chi connectivity index (χ1) is 9.32. The minimum atomic E-state index is -1.18. The molecule has 1 unspecified atom stereocenters. The van der Waals surface area contributed by atoms with Crippen molar-refractivity contribution in [1.82, 2.24) is 10.6 Å². The van der Waals surface area contributed by atoms with Gasteiger partial charge in [-0.3, -0.25) is 4.79 Å². The number of carbonyl (C=O) groups excluding carboxylic acids is 1. The van der Waals surface area contributed by atoms with Crippen LogP contribution in [0.5, 0.6) is 0 Å². The van der Waals surface area contributed by atoms with Gasteiger partial charge in [0.1, 0.15) is 6.04 Å². The number of urea groups is 1. The van der Waals surface area contributed by atoms with Gasteiger partial charge in [0.2, 0.25) is 0 Å². The van der Waals surface area contributed by atoms with Crippen molar-refractivity contribution in [2.75, 3.05) is 13.2 Å². The fourth-order valence-electron chi connectivity index (χ4n) is 1.95. The molecule has 114 valence electrons. The monoisotopic (exact) mass is 288 g/mol. The van der Waals surface area contributed by atoms with Gasteiger partial charge in [0.05, 0.1) is 12.1 Å². The maximum atomic E-state index is 11.8. The average Bonchev–Trinajstić information content (AvgIpc) is 2.73. The summed E-state index contributed by atoms with van der Waals surface area (Å²) in [6.07, 6.45) is 0.797. The van der Waals surface area contributed by atoms with E-state index in [1.165, 1.54) is 0 Å². The van der Waals surface area contributed by atoms with E-state index >= 15 is 0 Å². The number of aliphatic carboxylic acids is 2. The van der Waals surface area contributed by atoms with E-state index in [9.17, 15) is 14.4 Å². The highest BCUT2D eigenvalue weighted by Crippen LogP contribution is 2.17. The van der Waals surface area contributed by atoms with Crippen LogP contribution in [0.25, 0.3) is 0 Å². The van der Waals surface area contributed by atoms with Crippen LogP contribution in [0.3, 0.4) is 0 Å². The zero-order valence-corrected chi connectivity index (χ0v) is 11.3. The third-order valence-electron chi connectivity index (χ3n) is 3.12. The van der Waals surface area contributed by atoms with Crippen LogP contribution in [0, 0.1) is 0 Å². The lowest BCUT2D eigenvalue weighted by molar-refractivity contribution is -0.140. The summed E-state index contributed by atoms with van der Waals surface area (Å²) in [6.45, 7) is 2.76. The number of ether oxygens (including phenoxy) is 1. The molecule has 2 amide bonds. The second-order valence-electron chi connectivity index (χ2n) is 5.14. The molecular formula is C12H20N2O6. The van der Waals surface area contributed by atoms with E-state index in [2.05, 4.69) is 10.6 Å².